The lowest BCUT2D eigenvalue weighted by molar-refractivity contribution is -0.150. The van der Waals surface area contributed by atoms with Gasteiger partial charge in [-0.3, -0.25) is 18.0 Å². The molecule has 0 aromatic rings. The van der Waals surface area contributed by atoms with Crippen molar-refractivity contribution in [2.24, 2.45) is 10.8 Å². The fourth-order valence-corrected chi connectivity index (χ4v) is 3.62. The van der Waals surface area contributed by atoms with E-state index in [1.54, 1.807) is 37.5 Å². The van der Waals surface area contributed by atoms with E-state index in [2.05, 4.69) is 0 Å². The van der Waals surface area contributed by atoms with Gasteiger partial charge in [0.05, 0.1) is 36.6 Å². The Morgan fingerprint density at radius 1 is 0.714 bits per heavy atom. The molecule has 1 fully saturated rings. The highest BCUT2D eigenvalue weighted by Gasteiger charge is 2.38. The van der Waals surface area contributed by atoms with Crippen LogP contribution in [0.25, 0.3) is 0 Å². The molecule has 164 valence electrons. The Balaban J connectivity index is 2.66. The van der Waals surface area contributed by atoms with Gasteiger partial charge in [-0.1, -0.05) is 0 Å². The highest BCUT2D eigenvalue weighted by Crippen LogP contribution is 2.24. The van der Waals surface area contributed by atoms with Gasteiger partial charge in [-0.15, -0.1) is 0 Å². The summed E-state index contributed by atoms with van der Waals surface area (Å²) in [5.41, 5.74) is -2.06. The van der Waals surface area contributed by atoms with Crippen molar-refractivity contribution < 1.29 is 34.8 Å². The Hall–Kier alpha value is -1.24. The minimum atomic E-state index is -3.65. The molecule has 0 spiro atoms. The van der Waals surface area contributed by atoms with Gasteiger partial charge < -0.3 is 9.80 Å². The fourth-order valence-electron chi connectivity index (χ4n) is 2.60. The van der Waals surface area contributed by atoms with E-state index in [1.165, 1.54) is 0 Å². The van der Waals surface area contributed by atoms with Crippen molar-refractivity contribution in [2.75, 3.05) is 51.9 Å². The van der Waals surface area contributed by atoms with Crippen molar-refractivity contribution >= 4 is 32.1 Å². The molecule has 12 heteroatoms. The Bertz CT molecular complexity index is 727. The number of carbonyl (C=O) groups is 2. The molecule has 1 saturated heterocycles. The van der Waals surface area contributed by atoms with Crippen molar-refractivity contribution in [3.8, 4) is 0 Å². The molecular weight excluding hydrogens is 412 g/mol. The van der Waals surface area contributed by atoms with Gasteiger partial charge in [-0.25, -0.2) is 0 Å². The van der Waals surface area contributed by atoms with E-state index in [9.17, 15) is 26.4 Å². The van der Waals surface area contributed by atoms with Gasteiger partial charge in [0, 0.05) is 26.2 Å². The van der Waals surface area contributed by atoms with Crippen LogP contribution in [-0.2, 0) is 38.2 Å². The summed E-state index contributed by atoms with van der Waals surface area (Å²) in [6.45, 7) is 7.03. The average Bonchev–Trinajstić information content (AvgIpc) is 2.56. The monoisotopic (exact) mass is 442 g/mol. The maximum atomic E-state index is 12.7. The van der Waals surface area contributed by atoms with E-state index in [4.69, 9.17) is 8.37 Å². The fraction of sp³-hybridized carbons (Fsp3) is 0.875. The van der Waals surface area contributed by atoms with Crippen LogP contribution in [0.3, 0.4) is 0 Å². The molecule has 0 radical (unpaired) electrons. The second-order valence-electron chi connectivity index (χ2n) is 8.28. The van der Waals surface area contributed by atoms with Crippen molar-refractivity contribution in [3.05, 3.63) is 0 Å². The van der Waals surface area contributed by atoms with Crippen LogP contribution in [-0.4, -0.2) is 90.4 Å². The molecule has 10 nitrogen and oxygen atoms in total. The van der Waals surface area contributed by atoms with E-state index >= 15 is 0 Å². The van der Waals surface area contributed by atoms with Gasteiger partial charge in [0.2, 0.25) is 11.8 Å². The Labute approximate surface area is 167 Å². The van der Waals surface area contributed by atoms with E-state index in [-0.39, 0.29) is 51.2 Å². The second-order valence-corrected chi connectivity index (χ2v) is 11.6. The third-order valence-electron chi connectivity index (χ3n) is 4.28. The quantitative estimate of drug-likeness (QED) is 0.467. The smallest absolute Gasteiger partial charge is 0.264 e. The van der Waals surface area contributed by atoms with Crippen LogP contribution in [0.2, 0.25) is 0 Å². The molecule has 0 unspecified atom stereocenters. The summed E-state index contributed by atoms with van der Waals surface area (Å²) in [4.78, 5) is 28.5. The molecule has 0 aromatic carbocycles. The maximum absolute atomic E-state index is 12.7. The van der Waals surface area contributed by atoms with Crippen LogP contribution in [0.15, 0.2) is 0 Å². The van der Waals surface area contributed by atoms with Crippen molar-refractivity contribution in [1.29, 1.82) is 0 Å². The van der Waals surface area contributed by atoms with Crippen LogP contribution in [0.5, 0.6) is 0 Å². The first kappa shape index (κ1) is 24.8. The minimum Gasteiger partial charge on any atom is -0.339 e. The van der Waals surface area contributed by atoms with Crippen molar-refractivity contribution in [1.82, 2.24) is 9.80 Å². The summed E-state index contributed by atoms with van der Waals surface area (Å²) in [6.07, 6.45) is 1.85. The number of nitrogens with zero attached hydrogens (tertiary/aromatic N) is 2. The normalized spacial score (nSPS) is 16.9. The van der Waals surface area contributed by atoms with E-state index in [0.29, 0.717) is 0 Å². The summed E-state index contributed by atoms with van der Waals surface area (Å²) >= 11 is 0. The zero-order valence-corrected chi connectivity index (χ0v) is 18.9. The Morgan fingerprint density at radius 3 is 1.18 bits per heavy atom. The van der Waals surface area contributed by atoms with Gasteiger partial charge in [0.25, 0.3) is 20.2 Å². The van der Waals surface area contributed by atoms with Gasteiger partial charge >= 0.3 is 0 Å². The number of hydrogen-bond acceptors (Lipinski definition) is 8. The number of piperazine rings is 1. The SMILES string of the molecule is CC(C)(COS(C)(=O)=O)C(=O)N1CCN(C(=O)C(C)(C)COS(C)(=O)=O)CC1. The number of hydrogen-bond donors (Lipinski definition) is 0. The lowest BCUT2D eigenvalue weighted by atomic mass is 9.91. The molecule has 0 N–H and O–H groups in total. The van der Waals surface area contributed by atoms with Gasteiger partial charge in [-0.2, -0.15) is 16.8 Å². The molecule has 2 amide bonds. The molecule has 28 heavy (non-hydrogen) atoms. The predicted molar refractivity (Wildman–Crippen MR) is 102 cm³/mol. The molecule has 0 atom stereocenters. The third kappa shape index (κ3) is 7.64. The van der Waals surface area contributed by atoms with Crippen molar-refractivity contribution in [3.63, 3.8) is 0 Å². The molecule has 0 saturated carbocycles. The molecule has 0 aromatic heterocycles. The average molecular weight is 443 g/mol. The van der Waals surface area contributed by atoms with Crippen LogP contribution in [0.1, 0.15) is 27.7 Å². The Kier molecular flexibility index (Phi) is 7.65. The lowest BCUT2D eigenvalue weighted by Crippen LogP contribution is -2.56. The van der Waals surface area contributed by atoms with Crippen LogP contribution >= 0.6 is 0 Å². The number of rotatable bonds is 8. The molecule has 1 aliphatic heterocycles. The van der Waals surface area contributed by atoms with Crippen molar-refractivity contribution in [2.45, 2.75) is 27.7 Å². The standard InChI is InChI=1S/C16H30N2O8S2/c1-15(2,11-25-27(5,21)22)13(19)17-7-9-18(10-8-17)14(20)16(3,4)12-26-28(6,23)24/h7-12H2,1-6H3. The second kappa shape index (κ2) is 8.64. The van der Waals surface area contributed by atoms with E-state index < -0.39 is 31.1 Å². The first-order chi connectivity index (χ1) is 12.4. The Morgan fingerprint density at radius 2 is 0.964 bits per heavy atom. The molecule has 0 bridgehead atoms. The highest BCUT2D eigenvalue weighted by molar-refractivity contribution is 7.86. The van der Waals surface area contributed by atoms with Gasteiger partial charge in [0.15, 0.2) is 0 Å². The van der Waals surface area contributed by atoms with Crippen LogP contribution < -0.4 is 0 Å². The summed E-state index contributed by atoms with van der Waals surface area (Å²) < 4.78 is 54.2. The van der Waals surface area contributed by atoms with E-state index in [1.807, 2.05) is 0 Å². The summed E-state index contributed by atoms with van der Waals surface area (Å²) in [7, 11) is -7.30. The minimum absolute atomic E-state index is 0.261. The molecule has 1 aliphatic rings. The molecule has 0 aliphatic carbocycles. The first-order valence-corrected chi connectivity index (χ1v) is 12.4. The van der Waals surface area contributed by atoms with Crippen LogP contribution in [0.4, 0.5) is 0 Å². The van der Waals surface area contributed by atoms with E-state index in [0.717, 1.165) is 12.5 Å². The maximum Gasteiger partial charge on any atom is 0.264 e. The third-order valence-corrected chi connectivity index (χ3v) is 5.37. The predicted octanol–water partition coefficient (Wildman–Crippen LogP) is -0.338. The lowest BCUT2D eigenvalue weighted by Gasteiger charge is -2.40. The topological polar surface area (TPSA) is 127 Å². The van der Waals surface area contributed by atoms with Crippen LogP contribution in [0, 0.1) is 10.8 Å². The zero-order valence-electron chi connectivity index (χ0n) is 17.2. The number of amides is 2. The number of carbonyl (C=O) groups excluding carboxylic acids is 2. The molecule has 1 rings (SSSR count). The summed E-state index contributed by atoms with van der Waals surface area (Å²) in [6, 6.07) is 0. The summed E-state index contributed by atoms with van der Waals surface area (Å²) in [5.74, 6) is -0.522. The first-order valence-electron chi connectivity index (χ1n) is 8.72. The largest absolute Gasteiger partial charge is 0.339 e. The summed E-state index contributed by atoms with van der Waals surface area (Å²) in [5, 5.41) is 0. The molecule has 1 heterocycles. The zero-order chi connectivity index (χ0) is 22.0. The van der Waals surface area contributed by atoms with Gasteiger partial charge in [0.1, 0.15) is 0 Å². The molecular formula is C16H30N2O8S2. The highest BCUT2D eigenvalue weighted by atomic mass is 32.2. The van der Waals surface area contributed by atoms with Gasteiger partial charge in [-0.05, 0) is 27.7 Å².